The molecule has 5 heteroatoms. The first kappa shape index (κ1) is 14.1. The lowest BCUT2D eigenvalue weighted by Crippen LogP contribution is -2.28. The van der Waals surface area contributed by atoms with E-state index in [1.165, 1.54) is 0 Å². The number of rotatable bonds is 5. The van der Waals surface area contributed by atoms with E-state index >= 15 is 0 Å². The summed E-state index contributed by atoms with van der Waals surface area (Å²) in [4.78, 5) is 11.8. The van der Waals surface area contributed by atoms with Crippen LogP contribution in [0.2, 0.25) is 0 Å². The number of nitrogens with one attached hydrogen (secondary N) is 2. The zero-order valence-electron chi connectivity index (χ0n) is 12.0. The molecule has 0 unspecified atom stereocenters. The van der Waals surface area contributed by atoms with Crippen LogP contribution in [-0.4, -0.2) is 22.7 Å². The SMILES string of the molecule is Cc1cccc(OCC(=O)NCc2c(C)n[nH]c2C)c1. The third-order valence-corrected chi connectivity index (χ3v) is 3.10. The van der Waals surface area contributed by atoms with Gasteiger partial charge >= 0.3 is 0 Å². The zero-order chi connectivity index (χ0) is 14.5. The van der Waals surface area contributed by atoms with Crippen molar-refractivity contribution in [3.05, 3.63) is 46.8 Å². The van der Waals surface area contributed by atoms with Crippen LogP contribution >= 0.6 is 0 Å². The number of aromatic amines is 1. The first-order valence-electron chi connectivity index (χ1n) is 6.53. The average Bonchev–Trinajstić information content (AvgIpc) is 2.74. The summed E-state index contributed by atoms with van der Waals surface area (Å²) in [6.07, 6.45) is 0. The number of amides is 1. The van der Waals surface area contributed by atoms with Gasteiger partial charge in [0.15, 0.2) is 6.61 Å². The molecule has 0 fully saturated rings. The van der Waals surface area contributed by atoms with Crippen molar-refractivity contribution in [2.24, 2.45) is 0 Å². The Kier molecular flexibility index (Phi) is 4.40. The Morgan fingerprint density at radius 2 is 2.15 bits per heavy atom. The Balaban J connectivity index is 1.81. The molecule has 20 heavy (non-hydrogen) atoms. The highest BCUT2D eigenvalue weighted by molar-refractivity contribution is 5.77. The fourth-order valence-electron chi connectivity index (χ4n) is 1.93. The molecule has 1 aromatic carbocycles. The summed E-state index contributed by atoms with van der Waals surface area (Å²) in [5, 5.41) is 9.81. The quantitative estimate of drug-likeness (QED) is 0.876. The van der Waals surface area contributed by atoms with E-state index < -0.39 is 0 Å². The number of aryl methyl sites for hydroxylation is 3. The molecule has 2 aromatic rings. The van der Waals surface area contributed by atoms with Gasteiger partial charge < -0.3 is 10.1 Å². The van der Waals surface area contributed by atoms with E-state index in [0.717, 1.165) is 22.5 Å². The minimum atomic E-state index is -0.147. The second-order valence-corrected chi connectivity index (χ2v) is 4.79. The second kappa shape index (κ2) is 6.23. The molecule has 0 saturated heterocycles. The van der Waals surface area contributed by atoms with Crippen LogP contribution in [0.25, 0.3) is 0 Å². The molecule has 2 N–H and O–H groups in total. The minimum absolute atomic E-state index is 0.0133. The van der Waals surface area contributed by atoms with E-state index in [2.05, 4.69) is 15.5 Å². The van der Waals surface area contributed by atoms with Gasteiger partial charge in [-0.05, 0) is 38.5 Å². The first-order valence-corrected chi connectivity index (χ1v) is 6.53. The number of nitrogens with zero attached hydrogens (tertiary/aromatic N) is 1. The Bertz CT molecular complexity index is 585. The summed E-state index contributed by atoms with van der Waals surface area (Å²) in [7, 11) is 0. The standard InChI is InChI=1S/C15H19N3O2/c1-10-5-4-6-13(7-10)20-9-15(19)16-8-14-11(2)17-18-12(14)3/h4-7H,8-9H2,1-3H3,(H,16,19)(H,17,18). The maximum Gasteiger partial charge on any atom is 0.258 e. The fraction of sp³-hybridized carbons (Fsp3) is 0.333. The van der Waals surface area contributed by atoms with Crippen molar-refractivity contribution in [3.63, 3.8) is 0 Å². The second-order valence-electron chi connectivity index (χ2n) is 4.79. The molecule has 0 bridgehead atoms. The van der Waals surface area contributed by atoms with Crippen LogP contribution in [0.1, 0.15) is 22.5 Å². The number of carbonyl (C=O) groups is 1. The highest BCUT2D eigenvalue weighted by atomic mass is 16.5. The van der Waals surface area contributed by atoms with Gasteiger partial charge in [-0.15, -0.1) is 0 Å². The number of H-pyrrole nitrogens is 1. The van der Waals surface area contributed by atoms with Crippen LogP contribution in [-0.2, 0) is 11.3 Å². The van der Waals surface area contributed by atoms with E-state index in [-0.39, 0.29) is 12.5 Å². The van der Waals surface area contributed by atoms with Crippen molar-refractivity contribution in [1.82, 2.24) is 15.5 Å². The van der Waals surface area contributed by atoms with Crippen LogP contribution in [0.4, 0.5) is 0 Å². The molecule has 0 aliphatic heterocycles. The van der Waals surface area contributed by atoms with Crippen molar-refractivity contribution in [3.8, 4) is 5.75 Å². The minimum Gasteiger partial charge on any atom is -0.484 e. The summed E-state index contributed by atoms with van der Waals surface area (Å²) < 4.78 is 5.44. The Morgan fingerprint density at radius 1 is 1.35 bits per heavy atom. The Morgan fingerprint density at radius 3 is 2.80 bits per heavy atom. The third kappa shape index (κ3) is 3.60. The molecule has 0 spiro atoms. The molecule has 0 aliphatic carbocycles. The molecule has 1 amide bonds. The summed E-state index contributed by atoms with van der Waals surface area (Å²) >= 11 is 0. The van der Waals surface area contributed by atoms with Crippen LogP contribution < -0.4 is 10.1 Å². The van der Waals surface area contributed by atoms with Gasteiger partial charge in [0.2, 0.25) is 0 Å². The van der Waals surface area contributed by atoms with E-state index in [9.17, 15) is 4.79 Å². The molecule has 2 rings (SSSR count). The highest BCUT2D eigenvalue weighted by Gasteiger charge is 2.08. The number of ether oxygens (including phenoxy) is 1. The maximum atomic E-state index is 11.8. The Labute approximate surface area is 118 Å². The molecule has 0 atom stereocenters. The molecule has 1 heterocycles. The van der Waals surface area contributed by atoms with Gasteiger partial charge in [0.05, 0.1) is 5.69 Å². The van der Waals surface area contributed by atoms with Gasteiger partial charge in [-0.25, -0.2) is 0 Å². The van der Waals surface area contributed by atoms with Crippen molar-refractivity contribution >= 4 is 5.91 Å². The van der Waals surface area contributed by atoms with Gasteiger partial charge in [-0.2, -0.15) is 5.10 Å². The molecule has 106 valence electrons. The van der Waals surface area contributed by atoms with Gasteiger partial charge in [0.25, 0.3) is 5.91 Å². The predicted octanol–water partition coefficient (Wildman–Crippen LogP) is 2.03. The molecule has 0 radical (unpaired) electrons. The first-order chi connectivity index (χ1) is 9.56. The normalized spacial score (nSPS) is 10.3. The highest BCUT2D eigenvalue weighted by Crippen LogP contribution is 2.12. The number of benzene rings is 1. The number of hydrogen-bond donors (Lipinski definition) is 2. The number of carbonyl (C=O) groups excluding carboxylic acids is 1. The number of aromatic nitrogens is 2. The zero-order valence-corrected chi connectivity index (χ0v) is 12.0. The number of hydrogen-bond acceptors (Lipinski definition) is 3. The molecule has 0 aliphatic rings. The summed E-state index contributed by atoms with van der Waals surface area (Å²) in [6, 6.07) is 7.63. The van der Waals surface area contributed by atoms with Gasteiger partial charge in [-0.3, -0.25) is 9.89 Å². The summed E-state index contributed by atoms with van der Waals surface area (Å²) in [6.45, 7) is 6.31. The summed E-state index contributed by atoms with van der Waals surface area (Å²) in [5.41, 5.74) is 4.01. The predicted molar refractivity (Wildman–Crippen MR) is 76.6 cm³/mol. The largest absolute Gasteiger partial charge is 0.484 e. The van der Waals surface area contributed by atoms with Crippen molar-refractivity contribution in [1.29, 1.82) is 0 Å². The van der Waals surface area contributed by atoms with E-state index in [1.807, 2.05) is 45.0 Å². The van der Waals surface area contributed by atoms with Gasteiger partial charge in [0.1, 0.15) is 5.75 Å². The van der Waals surface area contributed by atoms with Gasteiger partial charge in [0, 0.05) is 17.8 Å². The Hall–Kier alpha value is -2.30. The molecule has 1 aromatic heterocycles. The molecule has 0 saturated carbocycles. The lowest BCUT2D eigenvalue weighted by Gasteiger charge is -2.08. The van der Waals surface area contributed by atoms with Crippen LogP contribution in [0, 0.1) is 20.8 Å². The van der Waals surface area contributed by atoms with Crippen LogP contribution in [0.15, 0.2) is 24.3 Å². The smallest absolute Gasteiger partial charge is 0.258 e. The van der Waals surface area contributed by atoms with E-state index in [0.29, 0.717) is 12.3 Å². The summed E-state index contributed by atoms with van der Waals surface area (Å²) in [5.74, 6) is 0.558. The molecular formula is C15H19N3O2. The third-order valence-electron chi connectivity index (χ3n) is 3.10. The lowest BCUT2D eigenvalue weighted by molar-refractivity contribution is -0.123. The van der Waals surface area contributed by atoms with Crippen molar-refractivity contribution < 1.29 is 9.53 Å². The van der Waals surface area contributed by atoms with Crippen LogP contribution in [0.3, 0.4) is 0 Å². The van der Waals surface area contributed by atoms with Crippen LogP contribution in [0.5, 0.6) is 5.75 Å². The fourth-order valence-corrected chi connectivity index (χ4v) is 1.93. The maximum absolute atomic E-state index is 11.8. The van der Waals surface area contributed by atoms with E-state index in [4.69, 9.17) is 4.74 Å². The van der Waals surface area contributed by atoms with Crippen molar-refractivity contribution in [2.45, 2.75) is 27.3 Å². The lowest BCUT2D eigenvalue weighted by atomic mass is 10.2. The molecule has 5 nitrogen and oxygen atoms in total. The average molecular weight is 273 g/mol. The topological polar surface area (TPSA) is 67.0 Å². The monoisotopic (exact) mass is 273 g/mol. The van der Waals surface area contributed by atoms with E-state index in [1.54, 1.807) is 0 Å². The van der Waals surface area contributed by atoms with Gasteiger partial charge in [-0.1, -0.05) is 12.1 Å². The molecular weight excluding hydrogens is 254 g/mol. The van der Waals surface area contributed by atoms with Crippen molar-refractivity contribution in [2.75, 3.05) is 6.61 Å².